The second-order valence-corrected chi connectivity index (χ2v) is 4.49. The van der Waals surface area contributed by atoms with Crippen molar-refractivity contribution in [3.8, 4) is 5.75 Å². The molecule has 1 saturated heterocycles. The van der Waals surface area contributed by atoms with E-state index >= 15 is 0 Å². The van der Waals surface area contributed by atoms with E-state index in [2.05, 4.69) is 22.4 Å². The van der Waals surface area contributed by atoms with Gasteiger partial charge in [-0.05, 0) is 37.6 Å². The van der Waals surface area contributed by atoms with Crippen LogP contribution in [0.4, 0.5) is 0 Å². The third kappa shape index (κ3) is 2.24. The summed E-state index contributed by atoms with van der Waals surface area (Å²) < 4.78 is 5.84. The number of para-hydroxylation sites is 1. The van der Waals surface area contributed by atoms with Gasteiger partial charge >= 0.3 is 0 Å². The molecule has 3 heteroatoms. The lowest BCUT2D eigenvalue weighted by Crippen LogP contribution is -2.42. The summed E-state index contributed by atoms with van der Waals surface area (Å²) in [6.07, 6.45) is 2.93. The van der Waals surface area contributed by atoms with Gasteiger partial charge in [0.05, 0.1) is 6.61 Å². The fourth-order valence-electron chi connectivity index (χ4n) is 2.08. The molecule has 0 radical (unpaired) electrons. The van der Waals surface area contributed by atoms with Crippen LogP contribution in [0.25, 0.3) is 10.9 Å². The highest BCUT2D eigenvalue weighted by Crippen LogP contribution is 2.23. The molecule has 0 unspecified atom stereocenters. The molecule has 0 atom stereocenters. The number of ether oxygens (including phenoxy) is 1. The van der Waals surface area contributed by atoms with E-state index in [9.17, 15) is 0 Å². The van der Waals surface area contributed by atoms with Gasteiger partial charge in [0.2, 0.25) is 0 Å². The van der Waals surface area contributed by atoms with Crippen molar-refractivity contribution >= 4 is 10.9 Å². The third-order valence-electron chi connectivity index (χ3n) is 3.25. The van der Waals surface area contributed by atoms with Crippen LogP contribution in [0.2, 0.25) is 0 Å². The van der Waals surface area contributed by atoms with Crippen molar-refractivity contribution in [1.82, 2.24) is 10.3 Å². The molecule has 2 heterocycles. The van der Waals surface area contributed by atoms with Crippen LogP contribution < -0.4 is 10.1 Å². The molecule has 1 aliphatic rings. The molecule has 0 aliphatic carbocycles. The Labute approximate surface area is 101 Å². The van der Waals surface area contributed by atoms with Gasteiger partial charge in [0.25, 0.3) is 0 Å². The fourth-order valence-corrected chi connectivity index (χ4v) is 2.08. The molecule has 3 nitrogen and oxygen atoms in total. The molecular weight excluding hydrogens is 212 g/mol. The summed E-state index contributed by atoms with van der Waals surface area (Å²) in [5, 5.41) is 4.41. The van der Waals surface area contributed by atoms with Crippen LogP contribution in [-0.4, -0.2) is 24.7 Å². The highest BCUT2D eigenvalue weighted by molar-refractivity contribution is 5.84. The van der Waals surface area contributed by atoms with E-state index in [-0.39, 0.29) is 0 Å². The first kappa shape index (κ1) is 10.5. The van der Waals surface area contributed by atoms with Crippen molar-refractivity contribution in [2.24, 2.45) is 5.92 Å². The summed E-state index contributed by atoms with van der Waals surface area (Å²) in [5.41, 5.74) is 0.960. The van der Waals surface area contributed by atoms with Crippen LogP contribution in [0, 0.1) is 5.92 Å². The Bertz CT molecular complexity index is 503. The Balaban J connectivity index is 1.71. The third-order valence-corrected chi connectivity index (χ3v) is 3.25. The number of pyridine rings is 1. The molecule has 88 valence electrons. The minimum atomic E-state index is 0.780. The number of nitrogens with one attached hydrogen (secondary N) is 1. The Morgan fingerprint density at radius 1 is 1.24 bits per heavy atom. The highest BCUT2D eigenvalue weighted by Gasteiger charge is 2.16. The first-order chi connectivity index (χ1) is 8.43. The number of aromatic nitrogens is 1. The number of hydrogen-bond donors (Lipinski definition) is 1. The lowest BCUT2D eigenvalue weighted by molar-refractivity contribution is 0.240. The van der Waals surface area contributed by atoms with Crippen molar-refractivity contribution in [1.29, 1.82) is 0 Å². The van der Waals surface area contributed by atoms with Gasteiger partial charge in [-0.3, -0.25) is 4.98 Å². The molecule has 1 N–H and O–H groups in total. The minimum Gasteiger partial charge on any atom is -0.491 e. The molecule has 1 aromatic carbocycles. The standard InChI is InChI=1S/C14H16N2O/c1-3-12-4-2-7-16-14(12)13(5-1)17-8-6-11-9-15-10-11/h1-5,7,11,15H,6,8-10H2. The molecule has 1 fully saturated rings. The van der Waals surface area contributed by atoms with Crippen LogP contribution in [0.3, 0.4) is 0 Å². The van der Waals surface area contributed by atoms with Crippen molar-refractivity contribution in [3.05, 3.63) is 36.5 Å². The molecule has 0 bridgehead atoms. The Kier molecular flexibility index (Phi) is 2.92. The predicted molar refractivity (Wildman–Crippen MR) is 68.2 cm³/mol. The van der Waals surface area contributed by atoms with E-state index in [1.54, 1.807) is 0 Å². The van der Waals surface area contributed by atoms with Crippen molar-refractivity contribution in [2.75, 3.05) is 19.7 Å². The lowest BCUT2D eigenvalue weighted by atomic mass is 10.0. The number of nitrogens with zero attached hydrogens (tertiary/aromatic N) is 1. The van der Waals surface area contributed by atoms with E-state index in [0.717, 1.165) is 48.7 Å². The maximum atomic E-state index is 5.84. The normalized spacial score (nSPS) is 15.8. The molecule has 1 aliphatic heterocycles. The van der Waals surface area contributed by atoms with Crippen molar-refractivity contribution < 1.29 is 4.74 Å². The minimum absolute atomic E-state index is 0.780. The summed E-state index contributed by atoms with van der Waals surface area (Å²) in [5.74, 6) is 1.69. The molecule has 1 aromatic heterocycles. The smallest absolute Gasteiger partial charge is 0.145 e. The van der Waals surface area contributed by atoms with E-state index in [4.69, 9.17) is 4.74 Å². The van der Waals surface area contributed by atoms with Gasteiger partial charge in [0.15, 0.2) is 0 Å². The summed E-state index contributed by atoms with van der Waals surface area (Å²) in [6, 6.07) is 10.1. The Hall–Kier alpha value is -1.61. The number of fused-ring (bicyclic) bond motifs is 1. The average molecular weight is 228 g/mol. The van der Waals surface area contributed by atoms with Gasteiger partial charge < -0.3 is 10.1 Å². The largest absolute Gasteiger partial charge is 0.491 e. The molecular formula is C14H16N2O. The second kappa shape index (κ2) is 4.72. The number of hydrogen-bond acceptors (Lipinski definition) is 3. The maximum absolute atomic E-state index is 5.84. The van der Waals surface area contributed by atoms with Crippen LogP contribution in [0.15, 0.2) is 36.5 Å². The maximum Gasteiger partial charge on any atom is 0.145 e. The molecule has 0 saturated carbocycles. The van der Waals surface area contributed by atoms with Crippen LogP contribution in [0.1, 0.15) is 6.42 Å². The quantitative estimate of drug-likeness (QED) is 0.871. The van der Waals surface area contributed by atoms with Gasteiger partial charge in [0.1, 0.15) is 11.3 Å². The summed E-state index contributed by atoms with van der Waals surface area (Å²) in [6.45, 7) is 3.05. The summed E-state index contributed by atoms with van der Waals surface area (Å²) in [7, 11) is 0. The first-order valence-corrected chi connectivity index (χ1v) is 6.11. The average Bonchev–Trinajstić information content (AvgIpc) is 2.32. The highest BCUT2D eigenvalue weighted by atomic mass is 16.5. The zero-order valence-electron chi connectivity index (χ0n) is 9.73. The van der Waals surface area contributed by atoms with Crippen molar-refractivity contribution in [2.45, 2.75) is 6.42 Å². The van der Waals surface area contributed by atoms with Gasteiger partial charge in [-0.1, -0.05) is 18.2 Å². The lowest BCUT2D eigenvalue weighted by Gasteiger charge is -2.26. The SMILES string of the molecule is c1cnc2c(OCCC3CNC3)cccc2c1. The fraction of sp³-hybridized carbons (Fsp3) is 0.357. The van der Waals surface area contributed by atoms with E-state index < -0.39 is 0 Å². The molecule has 3 rings (SSSR count). The van der Waals surface area contributed by atoms with Gasteiger partial charge in [-0.15, -0.1) is 0 Å². The molecule has 0 amide bonds. The second-order valence-electron chi connectivity index (χ2n) is 4.49. The van der Waals surface area contributed by atoms with Crippen LogP contribution in [-0.2, 0) is 0 Å². The van der Waals surface area contributed by atoms with Gasteiger partial charge in [-0.2, -0.15) is 0 Å². The monoisotopic (exact) mass is 228 g/mol. The van der Waals surface area contributed by atoms with E-state index in [0.29, 0.717) is 0 Å². The Morgan fingerprint density at radius 2 is 2.12 bits per heavy atom. The zero-order valence-corrected chi connectivity index (χ0v) is 9.73. The topological polar surface area (TPSA) is 34.1 Å². The van der Waals surface area contributed by atoms with E-state index in [1.807, 2.05) is 24.4 Å². The van der Waals surface area contributed by atoms with Crippen LogP contribution in [0.5, 0.6) is 5.75 Å². The molecule has 17 heavy (non-hydrogen) atoms. The van der Waals surface area contributed by atoms with E-state index in [1.165, 1.54) is 0 Å². The molecule has 2 aromatic rings. The Morgan fingerprint density at radius 3 is 2.94 bits per heavy atom. The number of benzene rings is 1. The van der Waals surface area contributed by atoms with Crippen molar-refractivity contribution in [3.63, 3.8) is 0 Å². The van der Waals surface area contributed by atoms with Gasteiger partial charge in [0, 0.05) is 11.6 Å². The first-order valence-electron chi connectivity index (χ1n) is 6.11. The van der Waals surface area contributed by atoms with Gasteiger partial charge in [-0.25, -0.2) is 0 Å². The summed E-state index contributed by atoms with van der Waals surface area (Å²) in [4.78, 5) is 4.38. The van der Waals surface area contributed by atoms with Crippen LogP contribution >= 0.6 is 0 Å². The number of rotatable bonds is 4. The predicted octanol–water partition coefficient (Wildman–Crippen LogP) is 2.22. The zero-order chi connectivity index (χ0) is 11.5. The summed E-state index contributed by atoms with van der Waals surface area (Å²) >= 11 is 0. The molecule has 0 spiro atoms.